The first-order chi connectivity index (χ1) is 9.10. The van der Waals surface area contributed by atoms with E-state index in [1.54, 1.807) is 12.3 Å². The Bertz CT molecular complexity index is 619. The monoisotopic (exact) mass is 412 g/mol. The minimum atomic E-state index is -0.182. The Morgan fingerprint density at radius 3 is 2.95 bits per heavy atom. The van der Waals surface area contributed by atoms with Crippen LogP contribution in [0.4, 0.5) is 0 Å². The molecule has 2 aromatic heterocycles. The third kappa shape index (κ3) is 2.47. The van der Waals surface area contributed by atoms with Crippen LogP contribution in [0.25, 0.3) is 5.65 Å². The van der Waals surface area contributed by atoms with Gasteiger partial charge < -0.3 is 9.84 Å². The van der Waals surface area contributed by atoms with Crippen molar-refractivity contribution in [1.82, 2.24) is 9.38 Å². The van der Waals surface area contributed by atoms with E-state index in [2.05, 4.69) is 27.6 Å². The summed E-state index contributed by atoms with van der Waals surface area (Å²) in [6.45, 7) is 0.0190. The average Bonchev–Trinajstić information content (AvgIpc) is 2.88. The van der Waals surface area contributed by atoms with E-state index in [0.717, 1.165) is 17.8 Å². The number of pyridine rings is 1. The van der Waals surface area contributed by atoms with Crippen LogP contribution in [0.3, 0.4) is 0 Å². The smallest absolute Gasteiger partial charge is 0.154 e. The number of rotatable bonds is 2. The van der Waals surface area contributed by atoms with Crippen molar-refractivity contribution in [3.05, 3.63) is 34.2 Å². The molecule has 1 fully saturated rings. The number of alkyl halides is 1. The molecule has 0 amide bonds. The van der Waals surface area contributed by atoms with Crippen LogP contribution in [-0.4, -0.2) is 31.1 Å². The fraction of sp³-hybridized carbons (Fsp3) is 0.417. The zero-order chi connectivity index (χ0) is 13.6. The molecule has 4 nitrogen and oxygen atoms in total. The summed E-state index contributed by atoms with van der Waals surface area (Å²) in [6, 6.07) is 3.59. The zero-order valence-corrected chi connectivity index (χ0v) is 13.4. The normalized spacial score (nSPS) is 27.3. The summed E-state index contributed by atoms with van der Waals surface area (Å²) in [5.41, 5.74) is 1.54. The molecule has 2 aromatic rings. The van der Waals surface area contributed by atoms with E-state index in [0.29, 0.717) is 10.2 Å². The molecule has 0 spiro atoms. The number of aromatic nitrogens is 2. The van der Waals surface area contributed by atoms with Gasteiger partial charge in [-0.2, -0.15) is 0 Å². The predicted molar refractivity (Wildman–Crippen MR) is 82.3 cm³/mol. The molecule has 0 radical (unpaired) electrons. The van der Waals surface area contributed by atoms with Crippen LogP contribution in [0.2, 0.25) is 10.2 Å². The molecule has 3 heterocycles. The number of halogens is 3. The van der Waals surface area contributed by atoms with Gasteiger partial charge in [-0.25, -0.2) is 4.98 Å². The molecule has 1 aliphatic heterocycles. The maximum atomic E-state index is 9.22. The van der Waals surface area contributed by atoms with Crippen molar-refractivity contribution < 1.29 is 9.84 Å². The first-order valence-electron chi connectivity index (χ1n) is 5.83. The molecule has 3 rings (SSSR count). The molecule has 1 saturated heterocycles. The topological polar surface area (TPSA) is 46.8 Å². The fourth-order valence-corrected chi connectivity index (χ4v) is 3.86. The van der Waals surface area contributed by atoms with Crippen molar-refractivity contribution in [3.63, 3.8) is 0 Å². The van der Waals surface area contributed by atoms with Crippen molar-refractivity contribution in [2.45, 2.75) is 22.6 Å². The van der Waals surface area contributed by atoms with Crippen LogP contribution in [0.15, 0.2) is 18.3 Å². The Morgan fingerprint density at radius 1 is 1.47 bits per heavy atom. The third-order valence-corrected chi connectivity index (χ3v) is 4.87. The number of fused-ring (bicyclic) bond motifs is 1. The number of imidazole rings is 1. The van der Waals surface area contributed by atoms with Crippen molar-refractivity contribution in [1.29, 1.82) is 0 Å². The van der Waals surface area contributed by atoms with E-state index in [9.17, 15) is 5.11 Å². The molecule has 1 aliphatic rings. The number of hydrogen-bond acceptors (Lipinski definition) is 3. The van der Waals surface area contributed by atoms with Gasteiger partial charge in [-0.1, -0.05) is 45.8 Å². The Labute approximate surface area is 133 Å². The van der Waals surface area contributed by atoms with Crippen molar-refractivity contribution in [2.75, 3.05) is 6.61 Å². The lowest BCUT2D eigenvalue weighted by atomic mass is 10.1. The number of aliphatic hydroxyl groups is 1. The van der Waals surface area contributed by atoms with Gasteiger partial charge in [0.15, 0.2) is 5.15 Å². The molecule has 3 atom stereocenters. The lowest BCUT2D eigenvalue weighted by molar-refractivity contribution is 0.0102. The first-order valence-corrected chi connectivity index (χ1v) is 7.83. The SMILES string of the molecule is OC[C@@H]1C[C@@H](I)[C@H](c2c(Cl)nc3ccc(Cl)cn23)O1. The van der Waals surface area contributed by atoms with Crippen LogP contribution in [0.5, 0.6) is 0 Å². The van der Waals surface area contributed by atoms with Gasteiger partial charge in [0, 0.05) is 10.1 Å². The van der Waals surface area contributed by atoms with Crippen LogP contribution in [0.1, 0.15) is 18.2 Å². The largest absolute Gasteiger partial charge is 0.394 e. The first kappa shape index (κ1) is 13.9. The molecule has 0 unspecified atom stereocenters. The second-order valence-electron chi connectivity index (χ2n) is 4.48. The van der Waals surface area contributed by atoms with Crippen LogP contribution >= 0.6 is 45.8 Å². The second kappa shape index (κ2) is 5.37. The van der Waals surface area contributed by atoms with Crippen molar-refractivity contribution in [2.24, 2.45) is 0 Å². The van der Waals surface area contributed by atoms with Gasteiger partial charge in [0.05, 0.1) is 23.4 Å². The predicted octanol–water partition coefficient (Wildman–Crippen LogP) is 3.27. The molecule has 0 aromatic carbocycles. The molecule has 1 N–H and O–H groups in total. The fourth-order valence-electron chi connectivity index (χ4n) is 2.34. The van der Waals surface area contributed by atoms with Gasteiger partial charge in [-0.3, -0.25) is 4.40 Å². The second-order valence-corrected chi connectivity index (χ2v) is 6.87. The van der Waals surface area contributed by atoms with Gasteiger partial charge in [0.2, 0.25) is 0 Å². The highest BCUT2D eigenvalue weighted by Gasteiger charge is 2.37. The average molecular weight is 413 g/mol. The quantitative estimate of drug-likeness (QED) is 0.608. The third-order valence-electron chi connectivity index (χ3n) is 3.20. The molecule has 19 heavy (non-hydrogen) atoms. The summed E-state index contributed by atoms with van der Waals surface area (Å²) in [4.78, 5) is 4.31. The Hall–Kier alpha value is -0.0800. The lowest BCUT2D eigenvalue weighted by Crippen LogP contribution is -2.12. The number of ether oxygens (including phenoxy) is 1. The molecule has 0 saturated carbocycles. The van der Waals surface area contributed by atoms with Crippen LogP contribution < -0.4 is 0 Å². The standard InChI is InChI=1S/C12H11Cl2IN2O2/c13-6-1-2-9-16-12(14)10(17(9)4-6)11-8(15)3-7(5-18)19-11/h1-2,4,7-8,11,18H,3,5H2/t7-,8+,11+/m0/s1. The van der Waals surface area contributed by atoms with Gasteiger partial charge in [-0.15, -0.1) is 0 Å². The summed E-state index contributed by atoms with van der Waals surface area (Å²) in [5.74, 6) is 0. The van der Waals surface area contributed by atoms with E-state index in [1.165, 1.54) is 0 Å². The summed E-state index contributed by atoms with van der Waals surface area (Å²) in [6.07, 6.45) is 2.25. The summed E-state index contributed by atoms with van der Waals surface area (Å²) in [5, 5.41) is 10.3. The zero-order valence-electron chi connectivity index (χ0n) is 9.76. The molecular weight excluding hydrogens is 402 g/mol. The van der Waals surface area contributed by atoms with Gasteiger partial charge in [0.1, 0.15) is 11.8 Å². The minimum Gasteiger partial charge on any atom is -0.394 e. The highest BCUT2D eigenvalue weighted by atomic mass is 127. The van der Waals surface area contributed by atoms with Gasteiger partial charge in [0.25, 0.3) is 0 Å². The highest BCUT2D eigenvalue weighted by molar-refractivity contribution is 14.1. The summed E-state index contributed by atoms with van der Waals surface area (Å²) < 4.78 is 7.95. The van der Waals surface area contributed by atoms with Crippen LogP contribution in [0, 0.1) is 0 Å². The number of aliphatic hydroxyl groups excluding tert-OH is 1. The van der Waals surface area contributed by atoms with E-state index in [1.807, 2.05) is 10.5 Å². The van der Waals surface area contributed by atoms with Gasteiger partial charge >= 0.3 is 0 Å². The number of hydrogen-bond donors (Lipinski definition) is 1. The van der Waals surface area contributed by atoms with Crippen molar-refractivity contribution in [3.8, 4) is 0 Å². The Kier molecular flexibility index (Phi) is 3.92. The highest BCUT2D eigenvalue weighted by Crippen LogP contribution is 2.41. The number of nitrogens with zero attached hydrogens (tertiary/aromatic N) is 2. The molecule has 102 valence electrons. The maximum Gasteiger partial charge on any atom is 0.154 e. The summed E-state index contributed by atoms with van der Waals surface area (Å²) in [7, 11) is 0. The Balaban J connectivity index is 2.09. The van der Waals surface area contributed by atoms with Gasteiger partial charge in [-0.05, 0) is 18.6 Å². The maximum absolute atomic E-state index is 9.22. The van der Waals surface area contributed by atoms with E-state index >= 15 is 0 Å². The molecule has 0 aliphatic carbocycles. The minimum absolute atomic E-state index is 0.0190. The molecular formula is C12H11Cl2IN2O2. The van der Waals surface area contributed by atoms with E-state index in [-0.39, 0.29) is 22.7 Å². The Morgan fingerprint density at radius 2 is 2.26 bits per heavy atom. The lowest BCUT2D eigenvalue weighted by Gasteiger charge is -2.14. The summed E-state index contributed by atoms with van der Waals surface area (Å²) >= 11 is 14.6. The van der Waals surface area contributed by atoms with E-state index < -0.39 is 0 Å². The molecule has 7 heteroatoms. The molecule has 0 bridgehead atoms. The van der Waals surface area contributed by atoms with Crippen molar-refractivity contribution >= 4 is 51.4 Å². The van der Waals surface area contributed by atoms with E-state index in [4.69, 9.17) is 27.9 Å². The van der Waals surface area contributed by atoms with Crippen LogP contribution in [-0.2, 0) is 4.74 Å².